The first-order chi connectivity index (χ1) is 6.81. The lowest BCUT2D eigenvalue weighted by Crippen LogP contribution is -1.82. The monoisotopic (exact) mass is 206 g/mol. The molecule has 0 atom stereocenters. The Hall–Kier alpha value is -1.26. The Morgan fingerprint density at radius 1 is 1.43 bits per heavy atom. The van der Waals surface area contributed by atoms with Crippen molar-refractivity contribution in [3.8, 4) is 10.6 Å². The number of rotatable bonds is 2. The van der Waals surface area contributed by atoms with Crippen molar-refractivity contribution in [3.63, 3.8) is 0 Å². The average molecular weight is 206 g/mol. The molecule has 2 aromatic rings. The zero-order chi connectivity index (χ0) is 9.97. The van der Waals surface area contributed by atoms with Crippen molar-refractivity contribution in [1.29, 1.82) is 0 Å². The lowest BCUT2D eigenvalue weighted by molar-refractivity contribution is 0.285. The summed E-state index contributed by atoms with van der Waals surface area (Å²) in [5, 5.41) is 9.84. The highest BCUT2D eigenvalue weighted by Gasteiger charge is 2.06. The van der Waals surface area contributed by atoms with Gasteiger partial charge in [-0.2, -0.15) is 0 Å². The van der Waals surface area contributed by atoms with Crippen molar-refractivity contribution in [1.82, 2.24) is 9.97 Å². The van der Waals surface area contributed by atoms with Crippen LogP contribution in [-0.2, 0) is 6.61 Å². The quantitative estimate of drug-likeness (QED) is 0.817. The molecule has 0 aromatic carbocycles. The number of hydrogen-bond donors (Lipinski definition) is 1. The summed E-state index contributed by atoms with van der Waals surface area (Å²) in [6.07, 6.45) is 5.27. The molecule has 14 heavy (non-hydrogen) atoms. The molecule has 3 nitrogen and oxygen atoms in total. The molecule has 0 bridgehead atoms. The summed E-state index contributed by atoms with van der Waals surface area (Å²) >= 11 is 1.50. The Bertz CT molecular complexity index is 439. The number of aliphatic hydroxyl groups excluding tert-OH is 1. The predicted molar refractivity (Wildman–Crippen MR) is 56.0 cm³/mol. The Morgan fingerprint density at radius 2 is 2.29 bits per heavy atom. The van der Waals surface area contributed by atoms with Gasteiger partial charge in [-0.1, -0.05) is 0 Å². The molecule has 72 valence electrons. The minimum absolute atomic E-state index is 0.0526. The highest BCUT2D eigenvalue weighted by molar-refractivity contribution is 7.15. The molecule has 0 amide bonds. The molecular weight excluding hydrogens is 196 g/mol. The molecule has 2 heterocycles. The summed E-state index contributed by atoms with van der Waals surface area (Å²) in [5.41, 5.74) is 2.19. The summed E-state index contributed by atoms with van der Waals surface area (Å²) in [5.74, 6) is 0. The van der Waals surface area contributed by atoms with Crippen molar-refractivity contribution in [3.05, 3.63) is 35.1 Å². The van der Waals surface area contributed by atoms with Crippen LogP contribution >= 0.6 is 11.3 Å². The second-order valence-corrected chi connectivity index (χ2v) is 4.10. The average Bonchev–Trinajstić information content (AvgIpc) is 2.67. The number of nitrogens with zero attached hydrogens (tertiary/aromatic N) is 2. The maximum Gasteiger partial charge on any atom is 0.125 e. The van der Waals surface area contributed by atoms with Gasteiger partial charge in [0.15, 0.2) is 0 Å². The normalized spacial score (nSPS) is 10.4. The summed E-state index contributed by atoms with van der Waals surface area (Å²) in [6, 6.07) is 1.95. The van der Waals surface area contributed by atoms with Gasteiger partial charge in [-0.25, -0.2) is 4.98 Å². The van der Waals surface area contributed by atoms with Crippen LogP contribution in [0, 0.1) is 6.92 Å². The Kier molecular flexibility index (Phi) is 2.56. The van der Waals surface area contributed by atoms with E-state index in [4.69, 9.17) is 5.11 Å². The van der Waals surface area contributed by atoms with E-state index in [1.54, 1.807) is 18.6 Å². The third-order valence-corrected chi connectivity index (χ3v) is 2.99. The van der Waals surface area contributed by atoms with Crippen molar-refractivity contribution < 1.29 is 5.11 Å². The van der Waals surface area contributed by atoms with Crippen LogP contribution in [0.25, 0.3) is 10.6 Å². The molecule has 4 heteroatoms. The molecule has 0 unspecified atom stereocenters. The van der Waals surface area contributed by atoms with Crippen molar-refractivity contribution in [2.75, 3.05) is 0 Å². The molecule has 0 aliphatic carbocycles. The number of aryl methyl sites for hydroxylation is 1. The number of pyridine rings is 1. The number of thiazole rings is 1. The molecule has 0 aliphatic heterocycles. The second-order valence-electron chi connectivity index (χ2n) is 2.98. The standard InChI is InChI=1S/C10H10N2OS/c1-7-2-3-11-5-9(7)10-12-4-8(6-13)14-10/h2-5,13H,6H2,1H3. The van der Waals surface area contributed by atoms with Crippen molar-refractivity contribution in [2.45, 2.75) is 13.5 Å². The van der Waals surface area contributed by atoms with Gasteiger partial charge in [-0.05, 0) is 18.6 Å². The van der Waals surface area contributed by atoms with Gasteiger partial charge >= 0.3 is 0 Å². The van der Waals surface area contributed by atoms with Gasteiger partial charge in [-0.3, -0.25) is 4.98 Å². The number of hydrogen-bond acceptors (Lipinski definition) is 4. The van der Waals surface area contributed by atoms with Crippen LogP contribution in [0.3, 0.4) is 0 Å². The lowest BCUT2D eigenvalue weighted by Gasteiger charge is -1.98. The van der Waals surface area contributed by atoms with E-state index in [-0.39, 0.29) is 6.61 Å². The van der Waals surface area contributed by atoms with E-state index in [1.807, 2.05) is 13.0 Å². The van der Waals surface area contributed by atoms with Crippen LogP contribution < -0.4 is 0 Å². The maximum atomic E-state index is 8.92. The summed E-state index contributed by atoms with van der Waals surface area (Å²) in [6.45, 7) is 2.08. The largest absolute Gasteiger partial charge is 0.391 e. The minimum atomic E-state index is 0.0526. The third-order valence-electron chi connectivity index (χ3n) is 1.98. The van der Waals surface area contributed by atoms with Crippen LogP contribution in [0.1, 0.15) is 10.4 Å². The zero-order valence-corrected chi connectivity index (χ0v) is 8.58. The zero-order valence-electron chi connectivity index (χ0n) is 7.77. The fourth-order valence-corrected chi connectivity index (χ4v) is 2.04. The molecule has 1 N–H and O–H groups in total. The first kappa shape index (κ1) is 9.30. The highest BCUT2D eigenvalue weighted by Crippen LogP contribution is 2.26. The molecule has 0 spiro atoms. The SMILES string of the molecule is Cc1ccncc1-c1ncc(CO)s1. The van der Waals surface area contributed by atoms with Crippen molar-refractivity contribution in [2.24, 2.45) is 0 Å². The Balaban J connectivity index is 2.44. The number of aromatic nitrogens is 2. The van der Waals surface area contributed by atoms with Crippen LogP contribution in [0.4, 0.5) is 0 Å². The predicted octanol–water partition coefficient (Wildman–Crippen LogP) is 2.01. The van der Waals surface area contributed by atoms with E-state index in [0.29, 0.717) is 0 Å². The van der Waals surface area contributed by atoms with Gasteiger partial charge < -0.3 is 5.11 Å². The smallest absolute Gasteiger partial charge is 0.125 e. The van der Waals surface area contributed by atoms with Crippen molar-refractivity contribution >= 4 is 11.3 Å². The van der Waals surface area contributed by atoms with E-state index >= 15 is 0 Å². The first-order valence-corrected chi connectivity index (χ1v) is 5.09. The maximum absolute atomic E-state index is 8.92. The van der Waals surface area contributed by atoms with E-state index in [0.717, 1.165) is 21.0 Å². The van der Waals surface area contributed by atoms with E-state index in [1.165, 1.54) is 11.3 Å². The molecule has 0 saturated heterocycles. The van der Waals surface area contributed by atoms with Gasteiger partial charge in [0.25, 0.3) is 0 Å². The van der Waals surface area contributed by atoms with Crippen LogP contribution in [0.15, 0.2) is 24.7 Å². The molecule has 0 fully saturated rings. The van der Waals surface area contributed by atoms with E-state index in [9.17, 15) is 0 Å². The molecular formula is C10H10N2OS. The van der Waals surface area contributed by atoms with Crippen LogP contribution in [0.2, 0.25) is 0 Å². The summed E-state index contributed by atoms with van der Waals surface area (Å²) in [7, 11) is 0. The molecule has 0 saturated carbocycles. The molecule has 2 aromatic heterocycles. The Labute approximate surface area is 86.1 Å². The fourth-order valence-electron chi connectivity index (χ4n) is 1.19. The van der Waals surface area contributed by atoms with Gasteiger partial charge in [0.2, 0.25) is 0 Å². The van der Waals surface area contributed by atoms with Crippen LogP contribution in [-0.4, -0.2) is 15.1 Å². The molecule has 0 radical (unpaired) electrons. The topological polar surface area (TPSA) is 46.0 Å². The summed E-state index contributed by atoms with van der Waals surface area (Å²) < 4.78 is 0. The van der Waals surface area contributed by atoms with Gasteiger partial charge in [0.1, 0.15) is 5.01 Å². The first-order valence-electron chi connectivity index (χ1n) is 4.28. The van der Waals surface area contributed by atoms with Gasteiger partial charge in [0.05, 0.1) is 11.5 Å². The number of aliphatic hydroxyl groups is 1. The van der Waals surface area contributed by atoms with Gasteiger partial charge in [0, 0.05) is 24.2 Å². The Morgan fingerprint density at radius 3 is 2.93 bits per heavy atom. The second kappa shape index (κ2) is 3.86. The van der Waals surface area contributed by atoms with E-state index in [2.05, 4.69) is 9.97 Å². The molecule has 0 aliphatic rings. The van der Waals surface area contributed by atoms with E-state index < -0.39 is 0 Å². The highest BCUT2D eigenvalue weighted by atomic mass is 32.1. The lowest BCUT2D eigenvalue weighted by atomic mass is 10.2. The fraction of sp³-hybridized carbons (Fsp3) is 0.200. The molecule has 2 rings (SSSR count). The summed E-state index contributed by atoms with van der Waals surface area (Å²) in [4.78, 5) is 9.18. The third kappa shape index (κ3) is 1.66. The minimum Gasteiger partial charge on any atom is -0.391 e. The van der Waals surface area contributed by atoms with Gasteiger partial charge in [-0.15, -0.1) is 11.3 Å². The van der Waals surface area contributed by atoms with Crippen LogP contribution in [0.5, 0.6) is 0 Å².